The summed E-state index contributed by atoms with van der Waals surface area (Å²) in [5.41, 5.74) is 11.5. The Bertz CT molecular complexity index is 1030. The molecule has 1 spiro atoms. The molecule has 0 unspecified atom stereocenters. The first kappa shape index (κ1) is 23.2. The Morgan fingerprint density at radius 3 is 2.70 bits per heavy atom. The van der Waals surface area contributed by atoms with Crippen molar-refractivity contribution in [1.29, 1.82) is 0 Å². The molecule has 5 rings (SSSR count). The van der Waals surface area contributed by atoms with Gasteiger partial charge in [-0.25, -0.2) is 4.98 Å². The van der Waals surface area contributed by atoms with Crippen molar-refractivity contribution in [2.45, 2.75) is 58.4 Å². The van der Waals surface area contributed by atoms with Crippen LogP contribution in [-0.4, -0.2) is 47.6 Å². The van der Waals surface area contributed by atoms with Crippen molar-refractivity contribution in [3.63, 3.8) is 0 Å². The number of hydrogen-bond acceptors (Lipinski definition) is 6. The monoisotopic (exact) mass is 448 g/mol. The minimum Gasteiger partial charge on any atom is -0.402 e. The number of rotatable bonds is 4. The van der Waals surface area contributed by atoms with Gasteiger partial charge in [-0.2, -0.15) is 0 Å². The van der Waals surface area contributed by atoms with Crippen LogP contribution < -0.4 is 20.9 Å². The van der Waals surface area contributed by atoms with E-state index in [1.165, 1.54) is 29.7 Å². The zero-order valence-corrected chi connectivity index (χ0v) is 20.1. The van der Waals surface area contributed by atoms with Crippen molar-refractivity contribution < 1.29 is 4.79 Å². The van der Waals surface area contributed by atoms with Crippen LogP contribution in [0.25, 0.3) is 6.08 Å². The zero-order chi connectivity index (χ0) is 23.4. The molecule has 1 saturated heterocycles. The van der Waals surface area contributed by atoms with E-state index in [1.807, 2.05) is 31.5 Å². The maximum Gasteiger partial charge on any atom is 0.225 e. The molecule has 2 aromatic heterocycles. The molecule has 2 aromatic rings. The lowest BCUT2D eigenvalue weighted by Gasteiger charge is -2.36. The van der Waals surface area contributed by atoms with Gasteiger partial charge in [-0.3, -0.25) is 14.7 Å². The Kier molecular flexibility index (Phi) is 6.98. The van der Waals surface area contributed by atoms with Gasteiger partial charge in [0, 0.05) is 68.0 Å². The number of carbonyl (C=O) groups is 1. The van der Waals surface area contributed by atoms with Crippen LogP contribution in [0, 0.1) is 0 Å². The summed E-state index contributed by atoms with van der Waals surface area (Å²) in [6.45, 7) is 9.60. The molecule has 0 atom stereocenters. The number of allylic oxidation sites excluding steroid dienone is 1. The summed E-state index contributed by atoms with van der Waals surface area (Å²) < 4.78 is 0. The predicted octanol–water partition coefficient (Wildman–Crippen LogP) is 3.29. The molecule has 1 aliphatic carbocycles. The molecular formula is C26H36N6O. The Balaban J connectivity index is 0.000000174. The number of fused-ring (bicyclic) bond motifs is 1. The van der Waals surface area contributed by atoms with E-state index < -0.39 is 0 Å². The summed E-state index contributed by atoms with van der Waals surface area (Å²) in [5, 5.41) is 3.64. The van der Waals surface area contributed by atoms with E-state index in [9.17, 15) is 4.79 Å². The topological polar surface area (TPSA) is 87.4 Å². The first-order chi connectivity index (χ1) is 15.9. The maximum atomic E-state index is 11.7. The number of nitrogens with zero attached hydrogens (tertiary/aromatic N) is 4. The smallest absolute Gasteiger partial charge is 0.225 e. The van der Waals surface area contributed by atoms with Crippen molar-refractivity contribution in [3.8, 4) is 0 Å². The number of aryl methyl sites for hydroxylation is 1. The molecule has 7 nitrogen and oxygen atoms in total. The van der Waals surface area contributed by atoms with Crippen molar-refractivity contribution >= 4 is 23.5 Å². The molecule has 7 heteroatoms. The summed E-state index contributed by atoms with van der Waals surface area (Å²) in [5.74, 6) is 0.964. The van der Waals surface area contributed by atoms with Crippen molar-refractivity contribution in [3.05, 3.63) is 53.1 Å². The molecule has 0 radical (unpaired) electrons. The highest BCUT2D eigenvalue weighted by Crippen LogP contribution is 2.41. The lowest BCUT2D eigenvalue weighted by molar-refractivity contribution is -0.116. The van der Waals surface area contributed by atoms with Gasteiger partial charge in [0.25, 0.3) is 0 Å². The molecule has 4 heterocycles. The molecule has 3 aliphatic rings. The lowest BCUT2D eigenvalue weighted by Crippen LogP contribution is -2.52. The molecule has 33 heavy (non-hydrogen) atoms. The molecule has 1 saturated carbocycles. The molecule has 0 aromatic carbocycles. The Morgan fingerprint density at radius 1 is 1.21 bits per heavy atom. The van der Waals surface area contributed by atoms with Gasteiger partial charge in [-0.15, -0.1) is 0 Å². The first-order valence-electron chi connectivity index (χ1n) is 12.1. The zero-order valence-electron chi connectivity index (χ0n) is 20.1. The van der Waals surface area contributed by atoms with Crippen molar-refractivity contribution in [1.82, 2.24) is 15.3 Å². The fourth-order valence-electron chi connectivity index (χ4n) is 4.77. The number of hydrogen-bond donors (Lipinski definition) is 2. The van der Waals surface area contributed by atoms with E-state index in [-0.39, 0.29) is 5.91 Å². The third-order valence-electron chi connectivity index (χ3n) is 6.56. The summed E-state index contributed by atoms with van der Waals surface area (Å²) in [7, 11) is 0. The van der Waals surface area contributed by atoms with Crippen LogP contribution in [0.2, 0.25) is 0 Å². The van der Waals surface area contributed by atoms with Gasteiger partial charge < -0.3 is 16.0 Å². The van der Waals surface area contributed by atoms with E-state index in [4.69, 9.17) is 5.73 Å². The highest BCUT2D eigenvalue weighted by Gasteiger charge is 2.46. The summed E-state index contributed by atoms with van der Waals surface area (Å²) in [6.07, 6.45) is 11.3. The predicted molar refractivity (Wildman–Crippen MR) is 134 cm³/mol. The number of carbonyl (C=O) groups excluding carboxylic acids is 1. The molecule has 3 N–H and O–H groups in total. The van der Waals surface area contributed by atoms with Gasteiger partial charge in [-0.1, -0.05) is 13.3 Å². The van der Waals surface area contributed by atoms with Gasteiger partial charge >= 0.3 is 0 Å². The number of nitrogens with two attached hydrogens (primary N) is 1. The van der Waals surface area contributed by atoms with E-state index in [2.05, 4.69) is 39.2 Å². The van der Waals surface area contributed by atoms with Crippen LogP contribution in [0.15, 0.2) is 36.3 Å². The summed E-state index contributed by atoms with van der Waals surface area (Å²) in [4.78, 5) is 24.6. The van der Waals surface area contributed by atoms with E-state index in [0.717, 1.165) is 62.7 Å². The second kappa shape index (κ2) is 9.91. The normalized spacial score (nSPS) is 18.6. The molecule has 2 aliphatic heterocycles. The number of amides is 1. The van der Waals surface area contributed by atoms with E-state index in [1.54, 1.807) is 11.8 Å². The summed E-state index contributed by atoms with van der Waals surface area (Å²) >= 11 is 0. The van der Waals surface area contributed by atoms with Crippen LogP contribution in [0.4, 0.5) is 11.5 Å². The fourth-order valence-corrected chi connectivity index (χ4v) is 4.77. The number of anilines is 2. The van der Waals surface area contributed by atoms with Crippen molar-refractivity contribution in [2.75, 3.05) is 36.0 Å². The molecule has 0 bridgehead atoms. The van der Waals surface area contributed by atoms with Crippen molar-refractivity contribution in [2.24, 2.45) is 5.73 Å². The Morgan fingerprint density at radius 2 is 2.00 bits per heavy atom. The number of piperazine rings is 1. The van der Waals surface area contributed by atoms with Gasteiger partial charge in [0.05, 0.1) is 5.69 Å². The quantitative estimate of drug-likeness (QED) is 0.746. The minimum absolute atomic E-state index is 0.0902. The van der Waals surface area contributed by atoms with E-state index >= 15 is 0 Å². The van der Waals surface area contributed by atoms with Crippen LogP contribution >= 0.6 is 0 Å². The third kappa shape index (κ3) is 5.53. The SMILES string of the molecule is CC(=O)N1CCc2c(N3CCNC4(CC4)C3)ccnc21.CCCc1ccnc(/C=C(/C)N)c1. The van der Waals surface area contributed by atoms with Crippen LogP contribution in [0.1, 0.15) is 56.9 Å². The molecule has 2 fully saturated rings. The van der Waals surface area contributed by atoms with Gasteiger partial charge in [-0.05, 0) is 62.4 Å². The van der Waals surface area contributed by atoms with Gasteiger partial charge in [0.2, 0.25) is 5.91 Å². The van der Waals surface area contributed by atoms with Crippen LogP contribution in [0.3, 0.4) is 0 Å². The van der Waals surface area contributed by atoms with E-state index in [0.29, 0.717) is 5.54 Å². The Hall–Kier alpha value is -2.93. The highest BCUT2D eigenvalue weighted by atomic mass is 16.2. The molecule has 176 valence electrons. The lowest BCUT2D eigenvalue weighted by atomic mass is 10.1. The maximum absolute atomic E-state index is 11.7. The Labute approximate surface area is 197 Å². The van der Waals surface area contributed by atoms with Gasteiger partial charge in [0.15, 0.2) is 0 Å². The molecular weight excluding hydrogens is 412 g/mol. The second-order valence-corrected chi connectivity index (χ2v) is 9.41. The second-order valence-electron chi connectivity index (χ2n) is 9.41. The average Bonchev–Trinajstić information content (AvgIpc) is 3.37. The number of pyridine rings is 2. The third-order valence-corrected chi connectivity index (χ3v) is 6.56. The minimum atomic E-state index is 0.0902. The number of nitrogens with one attached hydrogen (secondary N) is 1. The van der Waals surface area contributed by atoms with Crippen LogP contribution in [-0.2, 0) is 17.6 Å². The van der Waals surface area contributed by atoms with Gasteiger partial charge in [0.1, 0.15) is 5.82 Å². The summed E-state index contributed by atoms with van der Waals surface area (Å²) in [6, 6.07) is 6.25. The number of aromatic nitrogens is 2. The molecule has 1 amide bonds. The standard InChI is InChI=1S/C15H20N4O.C11H16N2/c1-11(20)19-8-3-12-13(2-6-16-14(12)19)18-9-7-17-15(10-18)4-5-15;1-3-4-10-5-6-13-11(8-10)7-9(2)12/h2,6,17H,3-5,7-10H2,1H3;5-8H,3-4,12H2,1-2H3/b;9-7-. The largest absolute Gasteiger partial charge is 0.402 e. The fraction of sp³-hybridized carbons (Fsp3) is 0.500. The average molecular weight is 449 g/mol. The highest BCUT2D eigenvalue weighted by molar-refractivity contribution is 5.93. The first-order valence-corrected chi connectivity index (χ1v) is 12.1. The van der Waals surface area contributed by atoms with Crippen LogP contribution in [0.5, 0.6) is 0 Å².